The first-order valence-electron chi connectivity index (χ1n) is 4.48. The van der Waals surface area contributed by atoms with Crippen molar-refractivity contribution in [3.8, 4) is 0 Å². The maximum atomic E-state index is 3.79. The second-order valence-corrected chi connectivity index (χ2v) is 5.27. The number of hydrogen-bond donors (Lipinski definition) is 0. The molecule has 0 aromatic rings. The van der Waals surface area contributed by atoms with E-state index in [1.165, 1.54) is 32.1 Å². The molecule has 0 saturated heterocycles. The average Bonchev–Trinajstić information content (AvgIpc) is 2.03. The van der Waals surface area contributed by atoms with E-state index >= 15 is 0 Å². The predicted octanol–water partition coefficient (Wildman–Crippen LogP) is 3.68. The molecule has 1 heteroatoms. The molecule has 1 unspecified atom stereocenters. The fourth-order valence-corrected chi connectivity index (χ4v) is 2.67. The zero-order valence-corrected chi connectivity index (χ0v) is 9.52. The summed E-state index contributed by atoms with van der Waals surface area (Å²) in [6, 6.07) is 0. The Labute approximate surface area is 77.6 Å². The van der Waals surface area contributed by atoms with E-state index < -0.39 is 0 Å². The van der Waals surface area contributed by atoms with Crippen molar-refractivity contribution in [2.24, 2.45) is 0 Å². The van der Waals surface area contributed by atoms with Crippen LogP contribution in [0.3, 0.4) is 0 Å². The van der Waals surface area contributed by atoms with Gasteiger partial charge in [-0.3, -0.25) is 0 Å². The number of unbranched alkanes of at least 4 members (excludes halogenated alkanes) is 2. The molecular weight excluding hydrogens is 199 g/mol. The van der Waals surface area contributed by atoms with Crippen molar-refractivity contribution in [2.45, 2.75) is 49.7 Å². The van der Waals surface area contributed by atoms with E-state index in [1.807, 2.05) is 0 Å². The van der Waals surface area contributed by atoms with Crippen molar-refractivity contribution in [1.82, 2.24) is 0 Å². The zero-order chi connectivity index (χ0) is 8.53. The standard InChI is InChI=1S/C10H20Se/c1-4-6-7-9-10(11-3)8-5-2/h5,10H,2,4,6-9H2,1,3H3. The quantitative estimate of drug-likeness (QED) is 0.348. The molecule has 0 N–H and O–H groups in total. The molecule has 11 heavy (non-hydrogen) atoms. The van der Waals surface area contributed by atoms with E-state index in [9.17, 15) is 0 Å². The zero-order valence-electron chi connectivity index (χ0n) is 7.81. The van der Waals surface area contributed by atoms with Crippen LogP contribution in [0.2, 0.25) is 10.6 Å². The van der Waals surface area contributed by atoms with Gasteiger partial charge in [0.15, 0.2) is 0 Å². The van der Waals surface area contributed by atoms with Crippen molar-refractivity contribution >= 4 is 15.0 Å². The summed E-state index contributed by atoms with van der Waals surface area (Å²) in [6.07, 6.45) is 8.91. The minimum absolute atomic E-state index is 0.821. The van der Waals surface area contributed by atoms with Crippen LogP contribution in [0.4, 0.5) is 0 Å². The van der Waals surface area contributed by atoms with Crippen molar-refractivity contribution in [2.75, 3.05) is 0 Å². The van der Waals surface area contributed by atoms with Gasteiger partial charge in [0.2, 0.25) is 0 Å². The summed E-state index contributed by atoms with van der Waals surface area (Å²) in [5.41, 5.74) is 0. The number of allylic oxidation sites excluding steroid dienone is 1. The van der Waals surface area contributed by atoms with Crippen LogP contribution in [0.1, 0.15) is 39.0 Å². The molecule has 0 spiro atoms. The van der Waals surface area contributed by atoms with Crippen LogP contribution in [0, 0.1) is 0 Å². The first-order chi connectivity index (χ1) is 5.35. The Kier molecular flexibility index (Phi) is 8.55. The Morgan fingerprint density at radius 3 is 2.64 bits per heavy atom. The summed E-state index contributed by atoms with van der Waals surface area (Å²) in [7, 11) is 0. The fourth-order valence-electron chi connectivity index (χ4n) is 1.14. The SMILES string of the molecule is C=CCC(CCCCC)[Se]C. The molecule has 0 amide bonds. The van der Waals surface area contributed by atoms with Crippen LogP contribution < -0.4 is 0 Å². The number of rotatable bonds is 7. The number of hydrogen-bond acceptors (Lipinski definition) is 0. The molecule has 0 aliphatic carbocycles. The second-order valence-electron chi connectivity index (χ2n) is 2.88. The molecule has 0 fully saturated rings. The summed E-state index contributed by atoms with van der Waals surface area (Å²) in [5, 5.41) is 0. The molecule has 0 heterocycles. The van der Waals surface area contributed by atoms with Crippen molar-refractivity contribution in [3.63, 3.8) is 0 Å². The Hall–Kier alpha value is 0.259. The van der Waals surface area contributed by atoms with E-state index in [2.05, 4.69) is 25.4 Å². The van der Waals surface area contributed by atoms with Crippen LogP contribution in [-0.4, -0.2) is 15.0 Å². The van der Waals surface area contributed by atoms with Gasteiger partial charge < -0.3 is 0 Å². The molecule has 0 bridgehead atoms. The minimum atomic E-state index is 0.821. The molecule has 0 aromatic heterocycles. The average molecular weight is 219 g/mol. The van der Waals surface area contributed by atoms with Crippen LogP contribution >= 0.6 is 0 Å². The van der Waals surface area contributed by atoms with Gasteiger partial charge >= 0.3 is 77.3 Å². The van der Waals surface area contributed by atoms with Gasteiger partial charge in [-0.1, -0.05) is 0 Å². The van der Waals surface area contributed by atoms with Crippen LogP contribution in [-0.2, 0) is 0 Å². The first kappa shape index (κ1) is 11.3. The molecule has 0 aliphatic rings. The van der Waals surface area contributed by atoms with E-state index in [-0.39, 0.29) is 0 Å². The molecule has 0 rings (SSSR count). The topological polar surface area (TPSA) is 0 Å². The molecule has 0 nitrogen and oxygen atoms in total. The van der Waals surface area contributed by atoms with Crippen LogP contribution in [0.15, 0.2) is 12.7 Å². The van der Waals surface area contributed by atoms with Gasteiger partial charge in [-0.25, -0.2) is 0 Å². The van der Waals surface area contributed by atoms with Gasteiger partial charge in [0.25, 0.3) is 0 Å². The molecule has 0 aromatic carbocycles. The van der Waals surface area contributed by atoms with Gasteiger partial charge in [-0.05, 0) is 0 Å². The van der Waals surface area contributed by atoms with E-state index in [0.717, 1.165) is 19.8 Å². The van der Waals surface area contributed by atoms with E-state index in [0.29, 0.717) is 0 Å². The van der Waals surface area contributed by atoms with Gasteiger partial charge in [-0.2, -0.15) is 0 Å². The molecule has 0 radical (unpaired) electrons. The predicted molar refractivity (Wildman–Crippen MR) is 54.3 cm³/mol. The summed E-state index contributed by atoms with van der Waals surface area (Å²) in [6.45, 7) is 6.05. The van der Waals surface area contributed by atoms with Crippen LogP contribution in [0.25, 0.3) is 0 Å². The fraction of sp³-hybridized carbons (Fsp3) is 0.800. The molecule has 0 aliphatic heterocycles. The summed E-state index contributed by atoms with van der Waals surface area (Å²) < 4.78 is 0. The monoisotopic (exact) mass is 220 g/mol. The molecular formula is C10H20Se. The van der Waals surface area contributed by atoms with Gasteiger partial charge in [-0.15, -0.1) is 0 Å². The third kappa shape index (κ3) is 6.65. The third-order valence-electron chi connectivity index (χ3n) is 1.89. The summed E-state index contributed by atoms with van der Waals surface area (Å²) in [5.74, 6) is 2.34. The molecule has 1 atom stereocenters. The van der Waals surface area contributed by atoms with Gasteiger partial charge in [0.05, 0.1) is 0 Å². The third-order valence-corrected chi connectivity index (χ3v) is 4.19. The van der Waals surface area contributed by atoms with E-state index in [1.54, 1.807) is 0 Å². The van der Waals surface area contributed by atoms with Crippen molar-refractivity contribution in [3.05, 3.63) is 12.7 Å². The second kappa shape index (κ2) is 8.36. The summed E-state index contributed by atoms with van der Waals surface area (Å²) >= 11 is 0.821. The van der Waals surface area contributed by atoms with Crippen molar-refractivity contribution in [1.29, 1.82) is 0 Å². The Bertz CT molecular complexity index is 88.9. The first-order valence-corrected chi connectivity index (χ1v) is 7.19. The summed E-state index contributed by atoms with van der Waals surface area (Å²) in [4.78, 5) is 0.964. The molecule has 0 saturated carbocycles. The maximum absolute atomic E-state index is 3.79. The van der Waals surface area contributed by atoms with Crippen molar-refractivity contribution < 1.29 is 0 Å². The van der Waals surface area contributed by atoms with Gasteiger partial charge in [0, 0.05) is 0 Å². The Morgan fingerprint density at radius 1 is 1.45 bits per heavy atom. The Balaban J connectivity index is 3.27. The van der Waals surface area contributed by atoms with Gasteiger partial charge in [0.1, 0.15) is 0 Å². The normalized spacial score (nSPS) is 12.9. The van der Waals surface area contributed by atoms with Crippen LogP contribution in [0.5, 0.6) is 0 Å². The Morgan fingerprint density at radius 2 is 2.18 bits per heavy atom. The van der Waals surface area contributed by atoms with E-state index in [4.69, 9.17) is 0 Å². The molecule has 66 valence electrons.